The minimum atomic E-state index is -0.0507. The first-order valence-electron chi connectivity index (χ1n) is 4.27. The standard InChI is InChI=1S/C8H18N2O2/c1-12-7-8(11)10-6-4-2-3-5-9/h2-7,9H2,1H3,(H,10,11). The second-order valence-corrected chi connectivity index (χ2v) is 2.63. The fraction of sp³-hybridized carbons (Fsp3) is 0.875. The van der Waals surface area contributed by atoms with Crippen LogP contribution in [-0.4, -0.2) is 32.7 Å². The first kappa shape index (κ1) is 11.4. The van der Waals surface area contributed by atoms with E-state index >= 15 is 0 Å². The Morgan fingerprint density at radius 2 is 2.17 bits per heavy atom. The molecule has 0 unspecified atom stereocenters. The van der Waals surface area contributed by atoms with Crippen molar-refractivity contribution >= 4 is 5.91 Å². The third-order valence-electron chi connectivity index (χ3n) is 1.48. The lowest BCUT2D eigenvalue weighted by Gasteiger charge is -2.03. The number of carbonyl (C=O) groups excluding carboxylic acids is 1. The van der Waals surface area contributed by atoms with Crippen molar-refractivity contribution < 1.29 is 9.53 Å². The summed E-state index contributed by atoms with van der Waals surface area (Å²) in [6.45, 7) is 1.60. The van der Waals surface area contributed by atoms with Gasteiger partial charge in [-0.3, -0.25) is 4.79 Å². The SMILES string of the molecule is COCC(=O)NCCCCCN. The highest BCUT2D eigenvalue weighted by Crippen LogP contribution is 1.90. The molecule has 72 valence electrons. The van der Waals surface area contributed by atoms with Crippen molar-refractivity contribution in [1.82, 2.24) is 5.32 Å². The predicted molar refractivity (Wildman–Crippen MR) is 47.8 cm³/mol. The van der Waals surface area contributed by atoms with Crippen LogP contribution in [0.2, 0.25) is 0 Å². The molecule has 0 aromatic rings. The summed E-state index contributed by atoms with van der Waals surface area (Å²) in [4.78, 5) is 10.8. The minimum Gasteiger partial charge on any atom is -0.375 e. The van der Waals surface area contributed by atoms with Crippen molar-refractivity contribution in [3.63, 3.8) is 0 Å². The highest BCUT2D eigenvalue weighted by Gasteiger charge is 1.96. The van der Waals surface area contributed by atoms with E-state index in [0.29, 0.717) is 0 Å². The van der Waals surface area contributed by atoms with E-state index in [1.807, 2.05) is 0 Å². The molecule has 0 rings (SSSR count). The average molecular weight is 174 g/mol. The molecule has 0 atom stereocenters. The number of hydrogen-bond acceptors (Lipinski definition) is 3. The lowest BCUT2D eigenvalue weighted by atomic mass is 10.2. The van der Waals surface area contributed by atoms with Crippen LogP contribution >= 0.6 is 0 Å². The second kappa shape index (κ2) is 8.49. The van der Waals surface area contributed by atoms with Gasteiger partial charge in [0.15, 0.2) is 0 Å². The van der Waals surface area contributed by atoms with Crippen LogP contribution in [0.3, 0.4) is 0 Å². The number of rotatable bonds is 7. The average Bonchev–Trinajstić information content (AvgIpc) is 2.05. The maximum atomic E-state index is 10.8. The molecule has 12 heavy (non-hydrogen) atoms. The van der Waals surface area contributed by atoms with E-state index in [4.69, 9.17) is 5.73 Å². The fourth-order valence-electron chi connectivity index (χ4n) is 0.856. The van der Waals surface area contributed by atoms with Crippen LogP contribution in [-0.2, 0) is 9.53 Å². The molecular weight excluding hydrogens is 156 g/mol. The summed E-state index contributed by atoms with van der Waals surface area (Å²) in [6.07, 6.45) is 3.09. The van der Waals surface area contributed by atoms with E-state index in [-0.39, 0.29) is 12.5 Å². The monoisotopic (exact) mass is 174 g/mol. The summed E-state index contributed by atoms with van der Waals surface area (Å²) < 4.78 is 4.65. The molecule has 4 heteroatoms. The van der Waals surface area contributed by atoms with Gasteiger partial charge in [-0.2, -0.15) is 0 Å². The number of carbonyl (C=O) groups is 1. The lowest BCUT2D eigenvalue weighted by Crippen LogP contribution is -2.27. The Morgan fingerprint density at radius 3 is 2.75 bits per heavy atom. The van der Waals surface area contributed by atoms with Crippen molar-refractivity contribution in [1.29, 1.82) is 0 Å². The topological polar surface area (TPSA) is 64.3 Å². The van der Waals surface area contributed by atoms with Crippen LogP contribution in [0.1, 0.15) is 19.3 Å². The molecule has 0 fully saturated rings. The second-order valence-electron chi connectivity index (χ2n) is 2.63. The maximum absolute atomic E-state index is 10.8. The molecule has 0 saturated heterocycles. The number of unbranched alkanes of at least 4 members (excludes halogenated alkanes) is 2. The van der Waals surface area contributed by atoms with Gasteiger partial charge in [-0.15, -0.1) is 0 Å². The quantitative estimate of drug-likeness (QED) is 0.529. The molecule has 0 spiro atoms. The molecule has 0 aromatic heterocycles. The van der Waals surface area contributed by atoms with Crippen LogP contribution in [0.4, 0.5) is 0 Å². The van der Waals surface area contributed by atoms with Gasteiger partial charge in [0.2, 0.25) is 5.91 Å². The van der Waals surface area contributed by atoms with E-state index in [9.17, 15) is 4.79 Å². The van der Waals surface area contributed by atoms with E-state index in [0.717, 1.165) is 32.4 Å². The highest BCUT2D eigenvalue weighted by atomic mass is 16.5. The number of ether oxygens (including phenoxy) is 1. The van der Waals surface area contributed by atoms with E-state index in [1.165, 1.54) is 7.11 Å². The highest BCUT2D eigenvalue weighted by molar-refractivity contribution is 5.77. The summed E-state index contributed by atoms with van der Waals surface area (Å²) in [5.74, 6) is -0.0507. The number of nitrogens with two attached hydrogens (primary N) is 1. The van der Waals surface area contributed by atoms with Gasteiger partial charge < -0.3 is 15.8 Å². The zero-order valence-electron chi connectivity index (χ0n) is 7.64. The maximum Gasteiger partial charge on any atom is 0.245 e. The van der Waals surface area contributed by atoms with E-state index in [1.54, 1.807) is 0 Å². The van der Waals surface area contributed by atoms with Crippen molar-refractivity contribution in [2.24, 2.45) is 5.73 Å². The van der Waals surface area contributed by atoms with Gasteiger partial charge in [-0.1, -0.05) is 6.42 Å². The zero-order chi connectivity index (χ0) is 9.23. The molecule has 0 aliphatic heterocycles. The summed E-state index contributed by atoms with van der Waals surface area (Å²) >= 11 is 0. The molecule has 0 aliphatic rings. The van der Waals surface area contributed by atoms with Gasteiger partial charge in [0, 0.05) is 13.7 Å². The Bertz CT molecular complexity index is 118. The molecule has 4 nitrogen and oxygen atoms in total. The van der Waals surface area contributed by atoms with Gasteiger partial charge in [-0.25, -0.2) is 0 Å². The van der Waals surface area contributed by atoms with Crippen molar-refractivity contribution in [2.45, 2.75) is 19.3 Å². The van der Waals surface area contributed by atoms with Gasteiger partial charge in [-0.05, 0) is 19.4 Å². The normalized spacial score (nSPS) is 9.83. The van der Waals surface area contributed by atoms with Gasteiger partial charge in [0.05, 0.1) is 0 Å². The molecule has 0 aromatic carbocycles. The Hall–Kier alpha value is -0.610. The molecule has 0 saturated carbocycles. The first-order chi connectivity index (χ1) is 5.81. The van der Waals surface area contributed by atoms with Crippen LogP contribution < -0.4 is 11.1 Å². The molecule has 3 N–H and O–H groups in total. The number of hydrogen-bond donors (Lipinski definition) is 2. The van der Waals surface area contributed by atoms with Crippen molar-refractivity contribution in [2.75, 3.05) is 26.8 Å². The van der Waals surface area contributed by atoms with E-state index in [2.05, 4.69) is 10.1 Å². The Morgan fingerprint density at radius 1 is 1.42 bits per heavy atom. The third-order valence-corrected chi connectivity index (χ3v) is 1.48. The van der Waals surface area contributed by atoms with Crippen molar-refractivity contribution in [3.8, 4) is 0 Å². The molecular formula is C8H18N2O2. The number of amides is 1. The van der Waals surface area contributed by atoms with Crippen LogP contribution in [0.15, 0.2) is 0 Å². The van der Waals surface area contributed by atoms with E-state index < -0.39 is 0 Å². The third kappa shape index (κ3) is 7.50. The molecule has 0 aliphatic carbocycles. The van der Waals surface area contributed by atoms with Crippen LogP contribution in [0.25, 0.3) is 0 Å². The summed E-state index contributed by atoms with van der Waals surface area (Å²) in [7, 11) is 1.51. The zero-order valence-corrected chi connectivity index (χ0v) is 7.64. The lowest BCUT2D eigenvalue weighted by molar-refractivity contribution is -0.124. The van der Waals surface area contributed by atoms with Gasteiger partial charge in [0.1, 0.15) is 6.61 Å². The predicted octanol–water partition coefficient (Wildman–Crippen LogP) is -0.122. The van der Waals surface area contributed by atoms with Crippen LogP contribution in [0.5, 0.6) is 0 Å². The largest absolute Gasteiger partial charge is 0.375 e. The Balaban J connectivity index is 3.03. The molecule has 0 heterocycles. The van der Waals surface area contributed by atoms with Crippen molar-refractivity contribution in [3.05, 3.63) is 0 Å². The first-order valence-corrected chi connectivity index (χ1v) is 4.27. The number of methoxy groups -OCH3 is 1. The van der Waals surface area contributed by atoms with Gasteiger partial charge >= 0.3 is 0 Å². The molecule has 1 amide bonds. The fourth-order valence-corrected chi connectivity index (χ4v) is 0.856. The smallest absolute Gasteiger partial charge is 0.245 e. The summed E-state index contributed by atoms with van der Waals surface area (Å²) in [5.41, 5.74) is 5.31. The van der Waals surface area contributed by atoms with Gasteiger partial charge in [0.25, 0.3) is 0 Å². The Labute approximate surface area is 73.5 Å². The molecule has 0 radical (unpaired) electrons. The molecule has 0 bridgehead atoms. The Kier molecular flexibility index (Phi) is 8.05. The summed E-state index contributed by atoms with van der Waals surface area (Å²) in [5, 5.41) is 2.74. The minimum absolute atomic E-state index is 0.0507. The summed E-state index contributed by atoms with van der Waals surface area (Å²) in [6, 6.07) is 0. The number of nitrogens with one attached hydrogen (secondary N) is 1. The van der Waals surface area contributed by atoms with Crippen LogP contribution in [0, 0.1) is 0 Å².